The number of anilines is 1. The lowest BCUT2D eigenvalue weighted by Crippen LogP contribution is -2.09. The Morgan fingerprint density at radius 2 is 2.38 bits per heavy atom. The van der Waals surface area contributed by atoms with Crippen molar-refractivity contribution in [3.8, 4) is 5.88 Å². The Morgan fingerprint density at radius 3 is 2.85 bits per heavy atom. The minimum Gasteiger partial charge on any atom is -0.481 e. The first kappa shape index (κ1) is 9.51. The molecule has 0 aromatic carbocycles. The predicted octanol–water partition coefficient (Wildman–Crippen LogP) is 1.09. The Kier molecular flexibility index (Phi) is 3.25. The van der Waals surface area contributed by atoms with Gasteiger partial charge in [0.05, 0.1) is 25.5 Å². The molecule has 1 rings (SSSR count). The summed E-state index contributed by atoms with van der Waals surface area (Å²) in [5.74, 6) is 0.657. The van der Waals surface area contributed by atoms with Gasteiger partial charge in [0, 0.05) is 6.07 Å². The summed E-state index contributed by atoms with van der Waals surface area (Å²) in [5.41, 5.74) is 0.816. The van der Waals surface area contributed by atoms with Crippen LogP contribution in [0, 0.1) is 0 Å². The molecule has 0 spiro atoms. The molecule has 4 nitrogen and oxygen atoms in total. The highest BCUT2D eigenvalue weighted by Gasteiger charge is 1.95. The first-order valence-corrected chi connectivity index (χ1v) is 3.95. The third-order valence-corrected chi connectivity index (χ3v) is 1.49. The van der Waals surface area contributed by atoms with Gasteiger partial charge in [0.1, 0.15) is 5.78 Å². The second kappa shape index (κ2) is 4.45. The number of ether oxygens (including phenoxy) is 1. The van der Waals surface area contributed by atoms with E-state index in [2.05, 4.69) is 10.3 Å². The van der Waals surface area contributed by atoms with Crippen LogP contribution in [0.3, 0.4) is 0 Å². The lowest BCUT2D eigenvalue weighted by Gasteiger charge is -2.03. The Bertz CT molecular complexity index is 282. The molecule has 0 saturated heterocycles. The molecule has 0 aliphatic rings. The van der Waals surface area contributed by atoms with Gasteiger partial charge in [-0.3, -0.25) is 4.79 Å². The van der Waals surface area contributed by atoms with Crippen LogP contribution >= 0.6 is 0 Å². The zero-order chi connectivity index (χ0) is 9.68. The molecule has 0 saturated carbocycles. The molecule has 0 amide bonds. The zero-order valence-corrected chi connectivity index (χ0v) is 7.70. The number of nitrogens with one attached hydrogen (secondary N) is 1. The number of pyridine rings is 1. The van der Waals surface area contributed by atoms with Crippen LogP contribution in [-0.2, 0) is 4.79 Å². The molecule has 1 heterocycles. The normalized spacial score (nSPS) is 9.38. The highest BCUT2D eigenvalue weighted by Crippen LogP contribution is 2.10. The van der Waals surface area contributed by atoms with Gasteiger partial charge in [0.25, 0.3) is 0 Å². The molecule has 1 N–H and O–H groups in total. The number of Topliss-reactive ketones (excluding diaryl/α,β-unsaturated/α-hetero) is 1. The lowest BCUT2D eigenvalue weighted by atomic mass is 10.4. The van der Waals surface area contributed by atoms with E-state index in [1.54, 1.807) is 19.4 Å². The van der Waals surface area contributed by atoms with E-state index in [0.717, 1.165) is 5.69 Å². The SMILES string of the molecule is COc1ccc(NCC(C)=O)cn1. The van der Waals surface area contributed by atoms with Crippen LogP contribution in [0.2, 0.25) is 0 Å². The second-order valence-electron chi connectivity index (χ2n) is 2.64. The summed E-state index contributed by atoms with van der Waals surface area (Å²) in [5, 5.41) is 2.93. The summed E-state index contributed by atoms with van der Waals surface area (Å²) < 4.78 is 4.89. The number of hydrogen-bond donors (Lipinski definition) is 1. The Hall–Kier alpha value is -1.58. The van der Waals surface area contributed by atoms with Crippen molar-refractivity contribution < 1.29 is 9.53 Å². The standard InChI is InChI=1S/C9H12N2O2/c1-7(12)5-10-8-3-4-9(13-2)11-6-8/h3-4,6,10H,5H2,1-2H3. The van der Waals surface area contributed by atoms with Crippen molar-refractivity contribution in [2.45, 2.75) is 6.92 Å². The monoisotopic (exact) mass is 180 g/mol. The van der Waals surface area contributed by atoms with Crippen molar-refractivity contribution >= 4 is 11.5 Å². The van der Waals surface area contributed by atoms with Gasteiger partial charge < -0.3 is 10.1 Å². The first-order chi connectivity index (χ1) is 6.22. The van der Waals surface area contributed by atoms with Gasteiger partial charge in [-0.05, 0) is 13.0 Å². The largest absolute Gasteiger partial charge is 0.481 e. The predicted molar refractivity (Wildman–Crippen MR) is 50.0 cm³/mol. The van der Waals surface area contributed by atoms with E-state index >= 15 is 0 Å². The molecule has 13 heavy (non-hydrogen) atoms. The van der Waals surface area contributed by atoms with Gasteiger partial charge >= 0.3 is 0 Å². The van der Waals surface area contributed by atoms with Gasteiger partial charge in [-0.2, -0.15) is 0 Å². The maximum atomic E-state index is 10.6. The summed E-state index contributed by atoms with van der Waals surface area (Å²) >= 11 is 0. The van der Waals surface area contributed by atoms with E-state index in [9.17, 15) is 4.79 Å². The molecular formula is C9H12N2O2. The fourth-order valence-corrected chi connectivity index (χ4v) is 0.832. The number of hydrogen-bond acceptors (Lipinski definition) is 4. The number of carbonyl (C=O) groups excluding carboxylic acids is 1. The minimum atomic E-state index is 0.0934. The van der Waals surface area contributed by atoms with E-state index in [4.69, 9.17) is 4.74 Å². The molecular weight excluding hydrogens is 168 g/mol. The number of carbonyl (C=O) groups is 1. The quantitative estimate of drug-likeness (QED) is 0.753. The Morgan fingerprint density at radius 1 is 1.62 bits per heavy atom. The van der Waals surface area contributed by atoms with E-state index < -0.39 is 0 Å². The van der Waals surface area contributed by atoms with E-state index in [0.29, 0.717) is 12.4 Å². The fourth-order valence-electron chi connectivity index (χ4n) is 0.832. The number of ketones is 1. The summed E-state index contributed by atoms with van der Waals surface area (Å²) in [4.78, 5) is 14.6. The Balaban J connectivity index is 2.54. The maximum Gasteiger partial charge on any atom is 0.213 e. The topological polar surface area (TPSA) is 51.2 Å². The molecule has 70 valence electrons. The molecule has 0 unspecified atom stereocenters. The molecule has 0 aliphatic heterocycles. The lowest BCUT2D eigenvalue weighted by molar-refractivity contribution is -0.115. The zero-order valence-electron chi connectivity index (χ0n) is 7.70. The fraction of sp³-hybridized carbons (Fsp3) is 0.333. The number of methoxy groups -OCH3 is 1. The van der Waals surface area contributed by atoms with Crippen molar-refractivity contribution in [3.05, 3.63) is 18.3 Å². The minimum absolute atomic E-state index is 0.0934. The van der Waals surface area contributed by atoms with Crippen molar-refractivity contribution in [1.82, 2.24) is 4.98 Å². The van der Waals surface area contributed by atoms with Crippen molar-refractivity contribution in [2.24, 2.45) is 0 Å². The van der Waals surface area contributed by atoms with Crippen LogP contribution in [0.1, 0.15) is 6.92 Å². The van der Waals surface area contributed by atoms with Gasteiger partial charge in [0.15, 0.2) is 0 Å². The van der Waals surface area contributed by atoms with Crippen molar-refractivity contribution in [3.63, 3.8) is 0 Å². The number of aromatic nitrogens is 1. The molecule has 1 aromatic rings. The Labute approximate surface area is 76.9 Å². The molecule has 0 bridgehead atoms. The third kappa shape index (κ3) is 3.11. The highest BCUT2D eigenvalue weighted by atomic mass is 16.5. The van der Waals surface area contributed by atoms with E-state index in [1.165, 1.54) is 6.92 Å². The molecule has 1 aromatic heterocycles. The highest BCUT2D eigenvalue weighted by molar-refractivity contribution is 5.80. The summed E-state index contributed by atoms with van der Waals surface area (Å²) in [6.45, 7) is 1.86. The van der Waals surface area contributed by atoms with E-state index in [-0.39, 0.29) is 5.78 Å². The van der Waals surface area contributed by atoms with Crippen LogP contribution in [0.4, 0.5) is 5.69 Å². The number of nitrogens with zero attached hydrogens (tertiary/aromatic N) is 1. The van der Waals surface area contributed by atoms with Crippen LogP contribution in [-0.4, -0.2) is 24.4 Å². The van der Waals surface area contributed by atoms with Crippen LogP contribution in [0.15, 0.2) is 18.3 Å². The average Bonchev–Trinajstić information content (AvgIpc) is 2.15. The maximum absolute atomic E-state index is 10.6. The van der Waals surface area contributed by atoms with Gasteiger partial charge in [-0.25, -0.2) is 4.98 Å². The van der Waals surface area contributed by atoms with Gasteiger partial charge in [-0.1, -0.05) is 0 Å². The van der Waals surface area contributed by atoms with Crippen LogP contribution in [0.25, 0.3) is 0 Å². The second-order valence-corrected chi connectivity index (χ2v) is 2.64. The smallest absolute Gasteiger partial charge is 0.213 e. The average molecular weight is 180 g/mol. The molecule has 0 atom stereocenters. The first-order valence-electron chi connectivity index (χ1n) is 3.95. The summed E-state index contributed by atoms with van der Waals surface area (Å²) in [6, 6.07) is 3.55. The third-order valence-electron chi connectivity index (χ3n) is 1.49. The van der Waals surface area contributed by atoms with Crippen LogP contribution in [0.5, 0.6) is 5.88 Å². The molecule has 0 fully saturated rings. The van der Waals surface area contributed by atoms with Crippen LogP contribution < -0.4 is 10.1 Å². The summed E-state index contributed by atoms with van der Waals surface area (Å²) in [7, 11) is 1.56. The van der Waals surface area contributed by atoms with Gasteiger partial charge in [-0.15, -0.1) is 0 Å². The molecule has 0 radical (unpaired) electrons. The van der Waals surface area contributed by atoms with Crippen molar-refractivity contribution in [1.29, 1.82) is 0 Å². The summed E-state index contributed by atoms with van der Waals surface area (Å²) in [6.07, 6.45) is 1.63. The van der Waals surface area contributed by atoms with E-state index in [1.807, 2.05) is 6.07 Å². The molecule has 0 aliphatic carbocycles. The molecule has 4 heteroatoms. The van der Waals surface area contributed by atoms with Gasteiger partial charge in [0.2, 0.25) is 5.88 Å². The number of rotatable bonds is 4. The van der Waals surface area contributed by atoms with Crippen molar-refractivity contribution in [2.75, 3.05) is 19.0 Å².